The smallest absolute Gasteiger partial charge is 0.338 e. The second-order valence-corrected chi connectivity index (χ2v) is 10.9. The first-order chi connectivity index (χ1) is 18.8. The number of rotatable bonds is 19. The molecule has 0 unspecified atom stereocenters. The standard InChI is InChI=1S/C33H50N2O4.BrH/c1-6-9-10-11-12-15-25-38-31-17-14-13-16-30(31)32(36)34-29-20-18-28(19-21-29)33(37)39-26-24-35(7-2,8-3)23-22-27(4)5;/h13-14,16-21,27H,6-12,15,22-26H2,1-5H3;1H. The maximum Gasteiger partial charge on any atom is 0.338 e. The molecule has 1 N–H and O–H groups in total. The Morgan fingerprint density at radius 1 is 0.825 bits per heavy atom. The van der Waals surface area contributed by atoms with E-state index in [9.17, 15) is 9.59 Å². The average Bonchev–Trinajstić information content (AvgIpc) is 2.95. The lowest BCUT2D eigenvalue weighted by Gasteiger charge is -2.37. The van der Waals surface area contributed by atoms with Gasteiger partial charge in [0.15, 0.2) is 0 Å². The van der Waals surface area contributed by atoms with E-state index in [0.717, 1.165) is 43.5 Å². The molecule has 0 aliphatic carbocycles. The molecule has 2 rings (SSSR count). The molecule has 0 aliphatic heterocycles. The van der Waals surface area contributed by atoms with Gasteiger partial charge in [0.05, 0.1) is 37.4 Å². The molecule has 0 radical (unpaired) electrons. The Balaban J connectivity index is 0.00000800. The summed E-state index contributed by atoms with van der Waals surface area (Å²) >= 11 is 0. The second kappa shape index (κ2) is 19.7. The monoisotopic (exact) mass is 618 g/mol. The zero-order valence-electron chi connectivity index (χ0n) is 25.3. The average molecular weight is 620 g/mol. The molecule has 2 aromatic carbocycles. The van der Waals surface area contributed by atoms with Crippen molar-refractivity contribution in [3.8, 4) is 5.75 Å². The highest BCUT2D eigenvalue weighted by Crippen LogP contribution is 2.21. The highest BCUT2D eigenvalue weighted by molar-refractivity contribution is 6.06. The topological polar surface area (TPSA) is 64.6 Å². The number of ether oxygens (including phenoxy) is 2. The van der Waals surface area contributed by atoms with Gasteiger partial charge in [0.25, 0.3) is 5.91 Å². The minimum atomic E-state index is -0.338. The van der Waals surface area contributed by atoms with Crippen LogP contribution in [0.5, 0.6) is 5.75 Å². The molecular formula is C33H51BrN2O4. The first kappa shape index (κ1) is 35.6. The molecule has 224 valence electrons. The molecule has 7 heteroatoms. The predicted molar refractivity (Wildman–Crippen MR) is 161 cm³/mol. The van der Waals surface area contributed by atoms with E-state index >= 15 is 0 Å². The Morgan fingerprint density at radius 3 is 2.12 bits per heavy atom. The van der Waals surface area contributed by atoms with Crippen molar-refractivity contribution < 1.29 is 40.5 Å². The van der Waals surface area contributed by atoms with Crippen molar-refractivity contribution in [3.63, 3.8) is 0 Å². The number of para-hydroxylation sites is 1. The number of nitrogens with zero attached hydrogens (tertiary/aromatic N) is 1. The maximum atomic E-state index is 13.0. The number of benzene rings is 2. The number of carbonyl (C=O) groups is 2. The summed E-state index contributed by atoms with van der Waals surface area (Å²) in [7, 11) is 0. The van der Waals surface area contributed by atoms with E-state index in [1.165, 1.54) is 32.1 Å². The number of unbranched alkanes of at least 4 members (excludes halogenated alkanes) is 5. The number of amides is 1. The Bertz CT molecular complexity index is 990. The van der Waals surface area contributed by atoms with Gasteiger partial charge in [0.2, 0.25) is 0 Å². The number of hydrogen-bond donors (Lipinski definition) is 1. The third-order valence-electron chi connectivity index (χ3n) is 7.59. The largest absolute Gasteiger partial charge is 1.00 e. The van der Waals surface area contributed by atoms with Gasteiger partial charge in [-0.3, -0.25) is 4.79 Å². The van der Waals surface area contributed by atoms with E-state index in [4.69, 9.17) is 9.47 Å². The van der Waals surface area contributed by atoms with Gasteiger partial charge in [-0.1, -0.05) is 65.0 Å². The summed E-state index contributed by atoms with van der Waals surface area (Å²) in [4.78, 5) is 25.6. The lowest BCUT2D eigenvalue weighted by molar-refractivity contribution is -0.925. The van der Waals surface area contributed by atoms with E-state index in [1.807, 2.05) is 18.2 Å². The van der Waals surface area contributed by atoms with Crippen LogP contribution in [0.3, 0.4) is 0 Å². The second-order valence-electron chi connectivity index (χ2n) is 10.9. The first-order valence-corrected chi connectivity index (χ1v) is 15.0. The minimum absolute atomic E-state index is 0. The van der Waals surface area contributed by atoms with Crippen LogP contribution in [0.4, 0.5) is 5.69 Å². The molecule has 0 saturated carbocycles. The molecule has 0 bridgehead atoms. The lowest BCUT2D eigenvalue weighted by Crippen LogP contribution is -3.00. The van der Waals surface area contributed by atoms with Gasteiger partial charge in [-0.05, 0) is 69.0 Å². The fraction of sp³-hybridized carbons (Fsp3) is 0.576. The van der Waals surface area contributed by atoms with Crippen molar-refractivity contribution in [2.24, 2.45) is 5.92 Å². The Hall–Kier alpha value is -2.38. The third-order valence-corrected chi connectivity index (χ3v) is 7.59. The van der Waals surface area contributed by atoms with Crippen LogP contribution in [-0.4, -0.2) is 55.8 Å². The molecular weight excluding hydrogens is 568 g/mol. The molecule has 40 heavy (non-hydrogen) atoms. The molecule has 0 heterocycles. The fourth-order valence-electron chi connectivity index (χ4n) is 4.65. The number of anilines is 1. The van der Waals surface area contributed by atoms with Crippen LogP contribution in [-0.2, 0) is 4.74 Å². The van der Waals surface area contributed by atoms with Gasteiger partial charge >= 0.3 is 5.97 Å². The van der Waals surface area contributed by atoms with E-state index < -0.39 is 0 Å². The molecule has 0 saturated heterocycles. The predicted octanol–water partition coefficient (Wildman–Crippen LogP) is 4.74. The number of halogens is 1. The summed E-state index contributed by atoms with van der Waals surface area (Å²) in [6.45, 7) is 16.1. The van der Waals surface area contributed by atoms with Gasteiger partial charge in [0, 0.05) is 5.69 Å². The van der Waals surface area contributed by atoms with E-state index in [-0.39, 0.29) is 28.9 Å². The van der Waals surface area contributed by atoms with Gasteiger partial charge < -0.3 is 36.3 Å². The summed E-state index contributed by atoms with van der Waals surface area (Å²) in [5, 5.41) is 2.92. The van der Waals surface area contributed by atoms with Crippen LogP contribution in [0, 0.1) is 5.92 Å². The van der Waals surface area contributed by atoms with Crippen LogP contribution in [0.15, 0.2) is 48.5 Å². The quantitative estimate of drug-likeness (QED) is 0.140. The third kappa shape index (κ3) is 12.4. The Kier molecular flexibility index (Phi) is 17.5. The molecule has 0 spiro atoms. The number of quaternary nitrogens is 1. The highest BCUT2D eigenvalue weighted by Gasteiger charge is 2.24. The summed E-state index contributed by atoms with van der Waals surface area (Å²) in [5.74, 6) is 0.674. The van der Waals surface area contributed by atoms with Crippen molar-refractivity contribution in [1.29, 1.82) is 0 Å². The lowest BCUT2D eigenvalue weighted by atomic mass is 10.1. The number of nitrogens with one attached hydrogen (secondary N) is 1. The zero-order valence-corrected chi connectivity index (χ0v) is 26.9. The van der Waals surface area contributed by atoms with Gasteiger partial charge in [-0.15, -0.1) is 0 Å². The SMILES string of the molecule is CCCCCCCCOc1ccccc1C(=O)Nc1ccc(C(=O)OCC[N+](CC)(CC)CCC(C)C)cc1.[Br-]. The summed E-state index contributed by atoms with van der Waals surface area (Å²) in [5.41, 5.74) is 1.59. The van der Waals surface area contributed by atoms with Crippen molar-refractivity contribution in [3.05, 3.63) is 59.7 Å². The van der Waals surface area contributed by atoms with Gasteiger partial charge in [0.1, 0.15) is 18.9 Å². The molecule has 0 aliphatic rings. The molecule has 6 nitrogen and oxygen atoms in total. The zero-order chi connectivity index (χ0) is 28.5. The molecule has 0 aromatic heterocycles. The number of hydrogen-bond acceptors (Lipinski definition) is 4. The van der Waals surface area contributed by atoms with Crippen LogP contribution >= 0.6 is 0 Å². The summed E-state index contributed by atoms with van der Waals surface area (Å²) in [6, 6.07) is 14.2. The number of esters is 1. The number of carbonyl (C=O) groups excluding carboxylic acids is 2. The molecule has 1 amide bonds. The van der Waals surface area contributed by atoms with Crippen LogP contribution in [0.2, 0.25) is 0 Å². The fourth-order valence-corrected chi connectivity index (χ4v) is 4.65. The van der Waals surface area contributed by atoms with Gasteiger partial charge in [-0.2, -0.15) is 0 Å². The summed E-state index contributed by atoms with van der Waals surface area (Å²) < 4.78 is 12.5. The van der Waals surface area contributed by atoms with E-state index in [0.29, 0.717) is 41.7 Å². The molecule has 2 aromatic rings. The molecule has 0 fully saturated rings. The summed E-state index contributed by atoms with van der Waals surface area (Å²) in [6.07, 6.45) is 8.29. The Morgan fingerprint density at radius 2 is 1.48 bits per heavy atom. The van der Waals surface area contributed by atoms with E-state index in [1.54, 1.807) is 30.3 Å². The Labute approximate surface area is 253 Å². The normalized spacial score (nSPS) is 11.2. The van der Waals surface area contributed by atoms with E-state index in [2.05, 4.69) is 39.9 Å². The van der Waals surface area contributed by atoms with Crippen molar-refractivity contribution in [2.45, 2.75) is 79.6 Å². The maximum absolute atomic E-state index is 13.0. The first-order valence-electron chi connectivity index (χ1n) is 15.0. The number of likely N-dealkylation sites (N-methyl/N-ethyl adjacent to an activating group) is 1. The van der Waals surface area contributed by atoms with Gasteiger partial charge in [-0.25, -0.2) is 4.79 Å². The van der Waals surface area contributed by atoms with Crippen molar-refractivity contribution >= 4 is 17.6 Å². The minimum Gasteiger partial charge on any atom is -1.00 e. The van der Waals surface area contributed by atoms with Crippen molar-refractivity contribution in [2.75, 3.05) is 44.7 Å². The highest BCUT2D eigenvalue weighted by atomic mass is 79.9. The van der Waals surface area contributed by atoms with Crippen molar-refractivity contribution in [1.82, 2.24) is 0 Å². The molecule has 0 atom stereocenters. The van der Waals surface area contributed by atoms with Crippen LogP contribution in [0.25, 0.3) is 0 Å². The van der Waals surface area contributed by atoms with Crippen LogP contribution < -0.4 is 27.0 Å². The van der Waals surface area contributed by atoms with Crippen LogP contribution in [0.1, 0.15) is 100 Å².